The molecule has 19 heavy (non-hydrogen) atoms. The maximum absolute atomic E-state index is 11.7. The summed E-state index contributed by atoms with van der Waals surface area (Å²) < 4.78 is 1.24. The summed E-state index contributed by atoms with van der Waals surface area (Å²) >= 11 is 6.02. The molecule has 1 heterocycles. The van der Waals surface area contributed by atoms with E-state index in [1.54, 1.807) is 13.2 Å². The molecule has 0 aromatic carbocycles. The Labute approximate surface area is 120 Å². The smallest absolute Gasteiger partial charge is 0.287 e. The van der Waals surface area contributed by atoms with Crippen LogP contribution in [-0.4, -0.2) is 16.3 Å². The van der Waals surface area contributed by atoms with E-state index in [-0.39, 0.29) is 16.0 Å². The summed E-state index contributed by atoms with van der Waals surface area (Å²) in [5.41, 5.74) is 0.531. The van der Waals surface area contributed by atoms with Crippen molar-refractivity contribution in [2.24, 2.45) is 12.5 Å². The summed E-state index contributed by atoms with van der Waals surface area (Å²) in [6, 6.07) is 0. The van der Waals surface area contributed by atoms with Crippen molar-refractivity contribution < 1.29 is 0 Å². The van der Waals surface area contributed by atoms with Crippen molar-refractivity contribution >= 4 is 17.3 Å². The van der Waals surface area contributed by atoms with E-state index in [1.165, 1.54) is 23.9 Å². The minimum atomic E-state index is -0.268. The number of hydrogen-bond donors (Lipinski definition) is 1. The van der Waals surface area contributed by atoms with Gasteiger partial charge in [-0.1, -0.05) is 51.6 Å². The highest BCUT2D eigenvalue weighted by atomic mass is 35.5. The summed E-state index contributed by atoms with van der Waals surface area (Å²) in [7, 11) is 1.59. The van der Waals surface area contributed by atoms with Crippen LogP contribution in [0.15, 0.2) is 11.0 Å². The van der Waals surface area contributed by atoms with E-state index in [9.17, 15) is 4.79 Å². The lowest BCUT2D eigenvalue weighted by atomic mass is 9.87. The molecule has 0 atom stereocenters. The molecule has 0 saturated heterocycles. The summed E-state index contributed by atoms with van der Waals surface area (Å²) in [6.45, 7) is 7.43. The van der Waals surface area contributed by atoms with Gasteiger partial charge in [-0.2, -0.15) is 5.10 Å². The molecular weight excluding hydrogens is 262 g/mol. The molecule has 0 unspecified atom stereocenters. The zero-order chi connectivity index (χ0) is 14.5. The Morgan fingerprint density at radius 2 is 2.11 bits per heavy atom. The molecule has 4 nitrogen and oxygen atoms in total. The Balaban J connectivity index is 2.61. The van der Waals surface area contributed by atoms with Crippen LogP contribution in [0.4, 0.5) is 5.69 Å². The Morgan fingerprint density at radius 3 is 2.74 bits per heavy atom. The van der Waals surface area contributed by atoms with Crippen LogP contribution in [0.3, 0.4) is 0 Å². The average molecular weight is 286 g/mol. The van der Waals surface area contributed by atoms with Gasteiger partial charge in [0, 0.05) is 13.6 Å². The van der Waals surface area contributed by atoms with Gasteiger partial charge in [-0.05, 0) is 11.8 Å². The minimum Gasteiger partial charge on any atom is -0.382 e. The summed E-state index contributed by atoms with van der Waals surface area (Å²) in [6.07, 6.45) is 6.48. The highest BCUT2D eigenvalue weighted by molar-refractivity contribution is 6.32. The number of nitrogens with zero attached hydrogens (tertiary/aromatic N) is 2. The van der Waals surface area contributed by atoms with E-state index in [2.05, 4.69) is 31.2 Å². The van der Waals surface area contributed by atoms with Crippen LogP contribution in [-0.2, 0) is 7.05 Å². The molecule has 5 heteroatoms. The molecule has 0 fully saturated rings. The largest absolute Gasteiger partial charge is 0.382 e. The monoisotopic (exact) mass is 285 g/mol. The minimum absolute atomic E-state index is 0.180. The molecule has 0 saturated carbocycles. The van der Waals surface area contributed by atoms with Gasteiger partial charge in [0.05, 0.1) is 11.9 Å². The van der Waals surface area contributed by atoms with Crippen LogP contribution in [0.5, 0.6) is 0 Å². The topological polar surface area (TPSA) is 46.9 Å². The molecule has 1 rings (SSSR count). The van der Waals surface area contributed by atoms with Gasteiger partial charge < -0.3 is 5.32 Å². The quantitative estimate of drug-likeness (QED) is 0.781. The maximum atomic E-state index is 11.7. The number of unbranched alkanes of at least 4 members (excludes halogenated alkanes) is 2. The van der Waals surface area contributed by atoms with Crippen LogP contribution in [0.1, 0.15) is 46.5 Å². The zero-order valence-electron chi connectivity index (χ0n) is 12.3. The lowest BCUT2D eigenvalue weighted by molar-refractivity contribution is 0.342. The summed E-state index contributed by atoms with van der Waals surface area (Å²) in [4.78, 5) is 11.7. The lowest BCUT2D eigenvalue weighted by Gasteiger charge is -2.25. The Hall–Kier alpha value is -1.03. The number of rotatable bonds is 7. The van der Waals surface area contributed by atoms with Gasteiger partial charge in [0.15, 0.2) is 0 Å². The van der Waals surface area contributed by atoms with Crippen LogP contribution >= 0.6 is 11.6 Å². The second-order valence-corrected chi connectivity index (χ2v) is 6.15. The Morgan fingerprint density at radius 1 is 1.42 bits per heavy atom. The first kappa shape index (κ1) is 16.0. The van der Waals surface area contributed by atoms with E-state index < -0.39 is 0 Å². The first-order valence-corrected chi connectivity index (χ1v) is 7.21. The van der Waals surface area contributed by atoms with Crippen molar-refractivity contribution in [1.82, 2.24) is 9.78 Å². The van der Waals surface area contributed by atoms with Crippen molar-refractivity contribution in [2.45, 2.75) is 46.5 Å². The second kappa shape index (κ2) is 6.94. The molecule has 1 aromatic heterocycles. The third-order valence-electron chi connectivity index (χ3n) is 3.29. The maximum Gasteiger partial charge on any atom is 0.287 e. The van der Waals surface area contributed by atoms with Crippen molar-refractivity contribution in [3.8, 4) is 0 Å². The fraction of sp³-hybridized carbons (Fsp3) is 0.714. The van der Waals surface area contributed by atoms with E-state index in [0.29, 0.717) is 5.69 Å². The highest BCUT2D eigenvalue weighted by Crippen LogP contribution is 2.25. The number of anilines is 1. The number of aryl methyl sites for hydroxylation is 1. The molecule has 0 radical (unpaired) electrons. The molecule has 0 aliphatic heterocycles. The van der Waals surface area contributed by atoms with E-state index in [1.807, 2.05) is 0 Å². The van der Waals surface area contributed by atoms with Gasteiger partial charge in [0.25, 0.3) is 5.56 Å². The predicted octanol–water partition coefficient (Wildman–Crippen LogP) is 3.45. The fourth-order valence-corrected chi connectivity index (χ4v) is 2.15. The Bertz CT molecular complexity index is 468. The van der Waals surface area contributed by atoms with Gasteiger partial charge in [0.1, 0.15) is 5.02 Å². The van der Waals surface area contributed by atoms with Crippen molar-refractivity contribution in [2.75, 3.05) is 11.9 Å². The SMILES string of the molecule is CCCCCC(C)(C)CNc1cnn(C)c(=O)c1Cl. The Kier molecular flexibility index (Phi) is 5.85. The average Bonchev–Trinajstić information content (AvgIpc) is 2.35. The molecule has 0 aliphatic carbocycles. The van der Waals surface area contributed by atoms with Crippen LogP contribution in [0.2, 0.25) is 5.02 Å². The number of hydrogen-bond acceptors (Lipinski definition) is 3. The molecule has 0 aliphatic rings. The number of halogens is 1. The van der Waals surface area contributed by atoms with Gasteiger partial charge in [-0.3, -0.25) is 4.79 Å². The van der Waals surface area contributed by atoms with Crippen LogP contribution in [0, 0.1) is 5.41 Å². The standard InChI is InChI=1S/C14H24ClN3O/c1-5-6-7-8-14(2,3)10-16-11-9-17-18(4)13(19)12(11)15/h9,16H,5-8,10H2,1-4H3. The van der Waals surface area contributed by atoms with E-state index in [0.717, 1.165) is 13.0 Å². The van der Waals surface area contributed by atoms with Gasteiger partial charge in [-0.15, -0.1) is 0 Å². The van der Waals surface area contributed by atoms with Gasteiger partial charge in [0.2, 0.25) is 0 Å². The van der Waals surface area contributed by atoms with Gasteiger partial charge in [-0.25, -0.2) is 4.68 Å². The van der Waals surface area contributed by atoms with Crippen molar-refractivity contribution in [3.63, 3.8) is 0 Å². The molecule has 0 amide bonds. The zero-order valence-corrected chi connectivity index (χ0v) is 13.0. The predicted molar refractivity (Wildman–Crippen MR) is 80.9 cm³/mol. The third-order valence-corrected chi connectivity index (χ3v) is 3.66. The van der Waals surface area contributed by atoms with Crippen LogP contribution in [0.25, 0.3) is 0 Å². The lowest BCUT2D eigenvalue weighted by Crippen LogP contribution is -2.26. The third kappa shape index (κ3) is 4.86. The first-order chi connectivity index (χ1) is 8.87. The van der Waals surface area contributed by atoms with E-state index >= 15 is 0 Å². The van der Waals surface area contributed by atoms with Crippen molar-refractivity contribution in [3.05, 3.63) is 21.6 Å². The van der Waals surface area contributed by atoms with Crippen molar-refractivity contribution in [1.29, 1.82) is 0 Å². The molecule has 1 aromatic rings. The highest BCUT2D eigenvalue weighted by Gasteiger charge is 2.18. The first-order valence-electron chi connectivity index (χ1n) is 6.83. The van der Waals surface area contributed by atoms with Crippen LogP contribution < -0.4 is 10.9 Å². The number of nitrogens with one attached hydrogen (secondary N) is 1. The molecule has 108 valence electrons. The number of aromatic nitrogens is 2. The summed E-state index contributed by atoms with van der Waals surface area (Å²) in [5.74, 6) is 0. The molecule has 0 spiro atoms. The van der Waals surface area contributed by atoms with E-state index in [4.69, 9.17) is 11.6 Å². The van der Waals surface area contributed by atoms with Gasteiger partial charge >= 0.3 is 0 Å². The molecule has 0 bridgehead atoms. The normalized spacial score (nSPS) is 11.6. The molecular formula is C14H24ClN3O. The fourth-order valence-electron chi connectivity index (χ4n) is 1.91. The summed E-state index contributed by atoms with van der Waals surface area (Å²) in [5, 5.41) is 7.42. The molecule has 1 N–H and O–H groups in total. The second-order valence-electron chi connectivity index (χ2n) is 5.78.